The number of carbonyl (C=O) groups excluding carboxylic acids is 1. The molecular weight excluding hydrogens is 440 g/mol. The number of benzene rings is 2. The molecule has 3 aromatic rings. The van der Waals surface area contributed by atoms with E-state index in [1.165, 1.54) is 16.5 Å². The van der Waals surface area contributed by atoms with Gasteiger partial charge in [-0.15, -0.1) is 0 Å². The van der Waals surface area contributed by atoms with Crippen LogP contribution >= 0.6 is 0 Å². The highest BCUT2D eigenvalue weighted by molar-refractivity contribution is 5.86. The first kappa shape index (κ1) is 26.8. The molecule has 35 heavy (non-hydrogen) atoms. The van der Waals surface area contributed by atoms with Crippen LogP contribution in [0, 0.1) is 12.8 Å². The lowest BCUT2D eigenvalue weighted by atomic mass is 9.70. The molecule has 0 aliphatic rings. The Kier molecular flexibility index (Phi) is 8.62. The number of fused-ring (bicyclic) bond motifs is 1. The fourth-order valence-electron chi connectivity index (χ4n) is 4.95. The van der Waals surface area contributed by atoms with Crippen molar-refractivity contribution in [1.82, 2.24) is 10.0 Å². The summed E-state index contributed by atoms with van der Waals surface area (Å²) in [5, 5.41) is 20.1. The molecule has 3 rings (SSSR count). The van der Waals surface area contributed by atoms with Crippen molar-refractivity contribution >= 4 is 16.8 Å². The number of aromatic nitrogens is 1. The lowest BCUT2D eigenvalue weighted by Crippen LogP contribution is -2.26. The van der Waals surface area contributed by atoms with Gasteiger partial charge in [-0.1, -0.05) is 52.0 Å². The molecule has 0 spiro atoms. The second kappa shape index (κ2) is 11.3. The van der Waals surface area contributed by atoms with Crippen molar-refractivity contribution in [2.45, 2.75) is 71.8 Å². The summed E-state index contributed by atoms with van der Waals surface area (Å²) in [6, 6.07) is 12.8. The van der Waals surface area contributed by atoms with Crippen molar-refractivity contribution in [3.8, 4) is 5.75 Å². The quantitative estimate of drug-likeness (QED) is 0.253. The number of amides is 1. The van der Waals surface area contributed by atoms with Gasteiger partial charge in [0.1, 0.15) is 12.4 Å². The summed E-state index contributed by atoms with van der Waals surface area (Å²) in [6.45, 7) is 10.8. The van der Waals surface area contributed by atoms with E-state index in [1.54, 1.807) is 5.48 Å². The molecule has 2 aromatic carbocycles. The van der Waals surface area contributed by atoms with Crippen molar-refractivity contribution in [3.05, 3.63) is 64.8 Å². The molecule has 3 N–H and O–H groups in total. The van der Waals surface area contributed by atoms with Crippen molar-refractivity contribution in [2.75, 3.05) is 6.61 Å². The van der Waals surface area contributed by atoms with Gasteiger partial charge in [-0.05, 0) is 66.5 Å². The Bertz CT molecular complexity index is 1160. The van der Waals surface area contributed by atoms with E-state index >= 15 is 0 Å². The summed E-state index contributed by atoms with van der Waals surface area (Å²) >= 11 is 0. The van der Waals surface area contributed by atoms with E-state index in [4.69, 9.17) is 9.94 Å². The maximum absolute atomic E-state index is 11.5. The van der Waals surface area contributed by atoms with Gasteiger partial charge in [-0.2, -0.15) is 0 Å². The van der Waals surface area contributed by atoms with E-state index in [0.29, 0.717) is 6.42 Å². The summed E-state index contributed by atoms with van der Waals surface area (Å²) < 4.78 is 8.10. The van der Waals surface area contributed by atoms with Crippen LogP contribution in [0.2, 0.25) is 0 Å². The zero-order valence-electron chi connectivity index (χ0n) is 21.9. The minimum absolute atomic E-state index is 0.154. The standard InChI is InChI=1S/C29H40N2O4/c1-7-29(8-2,22-11-13-27(20(5)15-22)35-18-26(32)19(3)4)24-17-31(6)25-16-21(9-12-23(24)25)10-14-28(33)30-34/h9,11-13,15-17,19,26,32,34H,7-8,10,14,18H2,1-6H3,(H,30,33). The number of aryl methyl sites for hydroxylation is 3. The van der Waals surface area contributed by atoms with Gasteiger partial charge in [-0.25, -0.2) is 5.48 Å². The van der Waals surface area contributed by atoms with Crippen molar-refractivity contribution in [1.29, 1.82) is 0 Å². The van der Waals surface area contributed by atoms with Crippen LogP contribution < -0.4 is 10.2 Å². The van der Waals surface area contributed by atoms with E-state index in [-0.39, 0.29) is 30.3 Å². The number of aliphatic hydroxyl groups is 1. The van der Waals surface area contributed by atoms with Gasteiger partial charge in [0.25, 0.3) is 0 Å². The molecule has 1 atom stereocenters. The summed E-state index contributed by atoms with van der Waals surface area (Å²) in [4.78, 5) is 11.5. The lowest BCUT2D eigenvalue weighted by molar-refractivity contribution is -0.129. The lowest BCUT2D eigenvalue weighted by Gasteiger charge is -2.33. The highest BCUT2D eigenvalue weighted by Gasteiger charge is 2.34. The van der Waals surface area contributed by atoms with Gasteiger partial charge in [0.2, 0.25) is 5.91 Å². The maximum atomic E-state index is 11.5. The first-order valence-corrected chi connectivity index (χ1v) is 12.6. The zero-order chi connectivity index (χ0) is 25.8. The molecule has 0 aliphatic heterocycles. The van der Waals surface area contributed by atoms with Crippen LogP contribution in [-0.2, 0) is 23.7 Å². The van der Waals surface area contributed by atoms with Gasteiger partial charge in [0.05, 0.1) is 6.10 Å². The number of ether oxygens (including phenoxy) is 1. The first-order chi connectivity index (χ1) is 16.7. The van der Waals surface area contributed by atoms with Gasteiger partial charge in [0, 0.05) is 36.0 Å². The van der Waals surface area contributed by atoms with Gasteiger partial charge >= 0.3 is 0 Å². The number of carbonyl (C=O) groups is 1. The molecule has 1 heterocycles. The van der Waals surface area contributed by atoms with Gasteiger partial charge in [0.15, 0.2) is 0 Å². The molecular formula is C29H40N2O4. The topological polar surface area (TPSA) is 83.7 Å². The van der Waals surface area contributed by atoms with Crippen molar-refractivity contribution in [3.63, 3.8) is 0 Å². The average molecular weight is 481 g/mol. The second-order valence-electron chi connectivity index (χ2n) is 9.93. The van der Waals surface area contributed by atoms with Crippen LogP contribution in [0.5, 0.6) is 5.75 Å². The summed E-state index contributed by atoms with van der Waals surface area (Å²) in [5.41, 5.74) is 7.36. The molecule has 0 bridgehead atoms. The Morgan fingerprint density at radius 2 is 1.86 bits per heavy atom. The Morgan fingerprint density at radius 1 is 1.14 bits per heavy atom. The number of nitrogens with zero attached hydrogens (tertiary/aromatic N) is 1. The SMILES string of the molecule is CCC(CC)(c1ccc(OCC(O)C(C)C)c(C)c1)c1cn(C)c2cc(CCC(=O)NO)ccc12. The Labute approximate surface area is 208 Å². The summed E-state index contributed by atoms with van der Waals surface area (Å²) in [6.07, 6.45) is 4.47. The monoisotopic (exact) mass is 480 g/mol. The molecule has 0 radical (unpaired) electrons. The Hall–Kier alpha value is -2.83. The van der Waals surface area contributed by atoms with E-state index in [2.05, 4.69) is 68.9 Å². The molecule has 0 aliphatic carbocycles. The summed E-state index contributed by atoms with van der Waals surface area (Å²) in [7, 11) is 2.06. The average Bonchev–Trinajstić information content (AvgIpc) is 3.18. The maximum Gasteiger partial charge on any atom is 0.243 e. The number of hydrogen-bond donors (Lipinski definition) is 3. The number of hydrogen-bond acceptors (Lipinski definition) is 4. The fourth-order valence-corrected chi connectivity index (χ4v) is 4.95. The van der Waals surface area contributed by atoms with E-state index < -0.39 is 6.10 Å². The highest BCUT2D eigenvalue weighted by atomic mass is 16.5. The third-order valence-corrected chi connectivity index (χ3v) is 7.45. The molecule has 0 fully saturated rings. The summed E-state index contributed by atoms with van der Waals surface area (Å²) in [5.74, 6) is 0.584. The molecule has 190 valence electrons. The van der Waals surface area contributed by atoms with Crippen molar-refractivity contribution in [2.24, 2.45) is 13.0 Å². The van der Waals surface area contributed by atoms with Gasteiger partial charge < -0.3 is 14.4 Å². The van der Waals surface area contributed by atoms with Crippen LogP contribution in [-0.4, -0.2) is 33.5 Å². The van der Waals surface area contributed by atoms with Crippen LogP contribution in [0.1, 0.15) is 69.2 Å². The van der Waals surface area contributed by atoms with E-state index in [1.807, 2.05) is 19.9 Å². The molecule has 6 heteroatoms. The van der Waals surface area contributed by atoms with Crippen LogP contribution in [0.3, 0.4) is 0 Å². The zero-order valence-corrected chi connectivity index (χ0v) is 21.9. The smallest absolute Gasteiger partial charge is 0.243 e. The first-order valence-electron chi connectivity index (χ1n) is 12.6. The normalized spacial score (nSPS) is 12.8. The Balaban J connectivity index is 1.98. The predicted molar refractivity (Wildman–Crippen MR) is 140 cm³/mol. The van der Waals surface area contributed by atoms with Crippen LogP contribution in [0.25, 0.3) is 10.9 Å². The highest BCUT2D eigenvalue weighted by Crippen LogP contribution is 2.44. The molecule has 0 saturated heterocycles. The number of aliphatic hydroxyl groups excluding tert-OH is 1. The Morgan fingerprint density at radius 3 is 2.46 bits per heavy atom. The molecule has 1 unspecified atom stereocenters. The third kappa shape index (κ3) is 5.54. The molecule has 1 aromatic heterocycles. The van der Waals surface area contributed by atoms with E-state index in [0.717, 1.165) is 35.2 Å². The van der Waals surface area contributed by atoms with E-state index in [9.17, 15) is 9.90 Å². The van der Waals surface area contributed by atoms with Crippen LogP contribution in [0.15, 0.2) is 42.6 Å². The molecule has 0 saturated carbocycles. The number of nitrogens with one attached hydrogen (secondary N) is 1. The second-order valence-corrected chi connectivity index (χ2v) is 9.93. The largest absolute Gasteiger partial charge is 0.491 e. The molecule has 6 nitrogen and oxygen atoms in total. The van der Waals surface area contributed by atoms with Crippen LogP contribution in [0.4, 0.5) is 0 Å². The third-order valence-electron chi connectivity index (χ3n) is 7.45. The van der Waals surface area contributed by atoms with Crippen molar-refractivity contribution < 1.29 is 19.8 Å². The van der Waals surface area contributed by atoms with Gasteiger partial charge in [-0.3, -0.25) is 10.0 Å². The molecule has 1 amide bonds. The fraction of sp³-hybridized carbons (Fsp3) is 0.483. The minimum atomic E-state index is -0.488. The predicted octanol–water partition coefficient (Wildman–Crippen LogP) is 5.43. The minimum Gasteiger partial charge on any atom is -0.491 e. The number of hydroxylamine groups is 1. The number of rotatable bonds is 11.